The van der Waals surface area contributed by atoms with Crippen molar-refractivity contribution in [3.63, 3.8) is 0 Å². The van der Waals surface area contributed by atoms with Gasteiger partial charge in [0.05, 0.1) is 12.7 Å². The third-order valence-corrected chi connectivity index (χ3v) is 6.73. The second kappa shape index (κ2) is 11.2. The smallest absolute Gasteiger partial charge is 0.283 e. The van der Waals surface area contributed by atoms with E-state index in [0.717, 1.165) is 29.2 Å². The number of carbonyl (C=O) groups is 1. The molecule has 0 spiro atoms. The Labute approximate surface area is 209 Å². The summed E-state index contributed by atoms with van der Waals surface area (Å²) in [6, 6.07) is 14.7. The van der Waals surface area contributed by atoms with Crippen molar-refractivity contribution in [3.8, 4) is 17.2 Å². The molecule has 4 rings (SSSR count). The number of carbonyl (C=O) groups excluding carboxylic acids is 1. The van der Waals surface area contributed by atoms with Crippen LogP contribution >= 0.6 is 11.8 Å². The number of fused-ring (bicyclic) bond motifs is 1. The van der Waals surface area contributed by atoms with Gasteiger partial charge in [-0.15, -0.1) is 0 Å². The van der Waals surface area contributed by atoms with Gasteiger partial charge in [-0.1, -0.05) is 32.0 Å². The Morgan fingerprint density at radius 3 is 2.40 bits per heavy atom. The fourth-order valence-electron chi connectivity index (χ4n) is 3.65. The maximum Gasteiger partial charge on any atom is 0.283 e. The van der Waals surface area contributed by atoms with Crippen LogP contribution in [0.3, 0.4) is 0 Å². The van der Waals surface area contributed by atoms with Crippen molar-refractivity contribution < 1.29 is 19.0 Å². The van der Waals surface area contributed by atoms with Crippen LogP contribution in [-0.2, 0) is 4.79 Å². The molecule has 2 aromatic carbocycles. The molecule has 8 nitrogen and oxygen atoms in total. The second-order valence-electron chi connectivity index (χ2n) is 7.92. The van der Waals surface area contributed by atoms with Crippen LogP contribution in [0.2, 0.25) is 0 Å². The van der Waals surface area contributed by atoms with Crippen molar-refractivity contribution in [2.75, 3.05) is 20.3 Å². The molecule has 0 radical (unpaired) electrons. The zero-order valence-electron chi connectivity index (χ0n) is 20.0. The summed E-state index contributed by atoms with van der Waals surface area (Å²) in [6.45, 7) is 4.98. The Morgan fingerprint density at radius 1 is 1.03 bits per heavy atom. The van der Waals surface area contributed by atoms with Crippen molar-refractivity contribution in [1.29, 1.82) is 5.41 Å². The molecule has 1 amide bonds. The van der Waals surface area contributed by atoms with Crippen molar-refractivity contribution in [3.05, 3.63) is 59.7 Å². The maximum atomic E-state index is 12.6. The van der Waals surface area contributed by atoms with E-state index in [9.17, 15) is 4.79 Å². The highest BCUT2D eigenvalue weighted by atomic mass is 32.2. The van der Waals surface area contributed by atoms with E-state index >= 15 is 0 Å². The van der Waals surface area contributed by atoms with E-state index in [2.05, 4.69) is 23.9 Å². The molecule has 0 unspecified atom stereocenters. The third-order valence-electron chi connectivity index (χ3n) is 5.66. The molecule has 9 heteroatoms. The Hall–Kier alpha value is -3.59. The van der Waals surface area contributed by atoms with Crippen LogP contribution in [0.1, 0.15) is 32.3 Å². The lowest BCUT2D eigenvalue weighted by molar-refractivity contribution is -0.114. The number of aliphatic imine (C=N–C) groups is 1. The number of thioether (sulfide) groups is 1. The lowest BCUT2D eigenvalue weighted by Gasteiger charge is -2.20. The topological polar surface area (TPSA) is 96.6 Å². The molecule has 2 aliphatic rings. The van der Waals surface area contributed by atoms with E-state index < -0.39 is 5.91 Å². The van der Waals surface area contributed by atoms with Crippen molar-refractivity contribution in [2.24, 2.45) is 16.0 Å². The van der Waals surface area contributed by atoms with Crippen LogP contribution in [-0.4, -0.2) is 47.3 Å². The third kappa shape index (κ3) is 5.74. The van der Waals surface area contributed by atoms with Crippen molar-refractivity contribution in [1.82, 2.24) is 5.01 Å². The Kier molecular flexibility index (Phi) is 7.87. The lowest BCUT2D eigenvalue weighted by atomic mass is 10.1. The van der Waals surface area contributed by atoms with Gasteiger partial charge in [0.25, 0.3) is 5.91 Å². The zero-order valence-corrected chi connectivity index (χ0v) is 20.8. The monoisotopic (exact) mass is 492 g/mol. The van der Waals surface area contributed by atoms with E-state index in [1.165, 1.54) is 16.8 Å². The molecule has 182 valence electrons. The molecular formula is C26H28N4O4S. The normalized spacial score (nSPS) is 16.3. The maximum absolute atomic E-state index is 12.6. The van der Waals surface area contributed by atoms with Gasteiger partial charge in [0, 0.05) is 12.0 Å². The first-order valence-electron chi connectivity index (χ1n) is 11.5. The number of benzene rings is 2. The predicted molar refractivity (Wildman–Crippen MR) is 140 cm³/mol. The predicted octanol–water partition coefficient (Wildman–Crippen LogP) is 5.21. The van der Waals surface area contributed by atoms with Gasteiger partial charge >= 0.3 is 0 Å². The average Bonchev–Trinajstić information content (AvgIpc) is 3.30. The molecule has 0 saturated heterocycles. The average molecular weight is 493 g/mol. The van der Waals surface area contributed by atoms with Crippen molar-refractivity contribution >= 4 is 39.8 Å². The standard InChI is InChI=1S/C26H28N4O4S/c1-4-18(5-2)25-29-30-23(27)22(24(31)28-26(30)35-25)15-17-9-11-19(12-10-17)33-13-14-34-21-8-6-7-20(16-21)32-3/h6-12,15-16,18,27H,4-5,13-14H2,1-3H3/b22-15+,27-23?. The van der Waals surface area contributed by atoms with Gasteiger partial charge < -0.3 is 14.2 Å². The number of hydrogen-bond donors (Lipinski definition) is 1. The van der Waals surface area contributed by atoms with E-state index in [0.29, 0.717) is 35.8 Å². The molecule has 2 aromatic rings. The number of amidine groups is 2. The summed E-state index contributed by atoms with van der Waals surface area (Å²) in [6.07, 6.45) is 3.57. The molecule has 1 N–H and O–H groups in total. The minimum Gasteiger partial charge on any atom is -0.497 e. The Balaban J connectivity index is 1.36. The summed E-state index contributed by atoms with van der Waals surface area (Å²) in [7, 11) is 1.61. The number of nitrogens with zero attached hydrogens (tertiary/aromatic N) is 3. The SMILES string of the molecule is CCC(CC)C1=NN2C(=N)/C(=C\c3ccc(OCCOc4cccc(OC)c4)cc3)C(=O)N=C2S1. The van der Waals surface area contributed by atoms with Gasteiger partial charge in [-0.2, -0.15) is 15.1 Å². The molecule has 0 aliphatic carbocycles. The first kappa shape index (κ1) is 24.5. The van der Waals surface area contributed by atoms with Gasteiger partial charge in [-0.05, 0) is 60.5 Å². The highest BCUT2D eigenvalue weighted by Gasteiger charge is 2.37. The number of hydrogen-bond acceptors (Lipinski definition) is 7. The number of amides is 1. The zero-order chi connectivity index (χ0) is 24.8. The molecule has 35 heavy (non-hydrogen) atoms. The summed E-state index contributed by atoms with van der Waals surface area (Å²) in [5.74, 6) is 2.06. The van der Waals surface area contributed by atoms with Crippen molar-refractivity contribution in [2.45, 2.75) is 26.7 Å². The Bertz CT molecular complexity index is 1190. The van der Waals surface area contributed by atoms with Crippen LogP contribution in [0, 0.1) is 11.3 Å². The van der Waals surface area contributed by atoms with E-state index in [1.807, 2.05) is 48.5 Å². The highest BCUT2D eigenvalue weighted by Crippen LogP contribution is 2.33. The van der Waals surface area contributed by atoms with Gasteiger partial charge in [0.15, 0.2) is 5.84 Å². The van der Waals surface area contributed by atoms with Gasteiger partial charge in [0.1, 0.15) is 35.5 Å². The molecule has 2 heterocycles. The first-order valence-corrected chi connectivity index (χ1v) is 12.3. The van der Waals surface area contributed by atoms with E-state index in [4.69, 9.17) is 19.6 Å². The van der Waals surface area contributed by atoms with Crippen LogP contribution in [0.5, 0.6) is 17.2 Å². The quantitative estimate of drug-likeness (QED) is 0.361. The van der Waals surface area contributed by atoms with Gasteiger partial charge in [-0.3, -0.25) is 10.2 Å². The van der Waals surface area contributed by atoms with E-state index in [1.54, 1.807) is 13.2 Å². The number of hydrazone groups is 1. The lowest BCUT2D eigenvalue weighted by Crippen LogP contribution is -2.35. The molecule has 0 aromatic heterocycles. The van der Waals surface area contributed by atoms with Crippen LogP contribution in [0.25, 0.3) is 6.08 Å². The van der Waals surface area contributed by atoms with Crippen LogP contribution < -0.4 is 14.2 Å². The minimum absolute atomic E-state index is 0.0449. The molecule has 0 saturated carbocycles. The second-order valence-corrected chi connectivity index (χ2v) is 8.90. The first-order chi connectivity index (χ1) is 17.0. The van der Waals surface area contributed by atoms with Crippen LogP contribution in [0.15, 0.2) is 64.2 Å². The molecule has 0 fully saturated rings. The minimum atomic E-state index is -0.426. The summed E-state index contributed by atoms with van der Waals surface area (Å²) in [5.41, 5.74) is 0.983. The fraction of sp³-hybridized carbons (Fsp3) is 0.308. The molecule has 0 atom stereocenters. The number of rotatable bonds is 10. The number of nitrogens with one attached hydrogen (secondary N) is 1. The van der Waals surface area contributed by atoms with E-state index in [-0.39, 0.29) is 11.4 Å². The molecule has 2 aliphatic heterocycles. The summed E-state index contributed by atoms with van der Waals surface area (Å²) in [4.78, 5) is 16.8. The van der Waals surface area contributed by atoms with Gasteiger partial charge in [0.2, 0.25) is 5.17 Å². The highest BCUT2D eigenvalue weighted by molar-refractivity contribution is 8.27. The molecular weight excluding hydrogens is 464 g/mol. The number of ether oxygens (including phenoxy) is 3. The van der Waals surface area contributed by atoms with Gasteiger partial charge in [-0.25, -0.2) is 0 Å². The summed E-state index contributed by atoms with van der Waals surface area (Å²) in [5, 5.41) is 15.9. The summed E-state index contributed by atoms with van der Waals surface area (Å²) >= 11 is 1.38. The van der Waals surface area contributed by atoms with Crippen LogP contribution in [0.4, 0.5) is 0 Å². The summed E-state index contributed by atoms with van der Waals surface area (Å²) < 4.78 is 16.6. The number of methoxy groups -OCH3 is 1. The largest absolute Gasteiger partial charge is 0.497 e. The molecule has 0 bridgehead atoms. The fourth-order valence-corrected chi connectivity index (χ4v) is 4.80. The Morgan fingerprint density at radius 2 is 1.71 bits per heavy atom.